The maximum atomic E-state index is 10.9. The second-order valence-corrected chi connectivity index (χ2v) is 4.16. The van der Waals surface area contributed by atoms with Gasteiger partial charge in [-0.05, 0) is 26.0 Å². The van der Waals surface area contributed by atoms with Crippen molar-refractivity contribution in [2.75, 3.05) is 0 Å². The SMILES string of the molecule is CC(C)n1nnc2cc(C(=O)O)c(Cl)cc21. The summed E-state index contributed by atoms with van der Waals surface area (Å²) in [6.45, 7) is 3.93. The maximum absolute atomic E-state index is 10.9. The molecule has 2 aromatic rings. The van der Waals surface area contributed by atoms with Gasteiger partial charge in [0, 0.05) is 6.04 Å². The number of hydrogen-bond acceptors (Lipinski definition) is 3. The molecule has 0 saturated heterocycles. The van der Waals surface area contributed by atoms with E-state index in [0.717, 1.165) is 5.52 Å². The Morgan fingerprint density at radius 2 is 2.19 bits per heavy atom. The first-order valence-corrected chi connectivity index (χ1v) is 5.16. The number of carbonyl (C=O) groups is 1. The van der Waals surface area contributed by atoms with Gasteiger partial charge in [-0.2, -0.15) is 0 Å². The zero-order chi connectivity index (χ0) is 11.9. The van der Waals surface area contributed by atoms with Crippen molar-refractivity contribution in [3.05, 3.63) is 22.7 Å². The summed E-state index contributed by atoms with van der Waals surface area (Å²) in [7, 11) is 0. The lowest BCUT2D eigenvalue weighted by atomic mass is 10.2. The summed E-state index contributed by atoms with van der Waals surface area (Å²) in [5, 5.41) is 17.0. The molecular formula is C10H10ClN3O2. The largest absolute Gasteiger partial charge is 0.478 e. The Labute approximate surface area is 96.6 Å². The molecular weight excluding hydrogens is 230 g/mol. The molecule has 2 rings (SSSR count). The molecule has 0 fully saturated rings. The maximum Gasteiger partial charge on any atom is 0.337 e. The highest BCUT2D eigenvalue weighted by Crippen LogP contribution is 2.24. The van der Waals surface area contributed by atoms with Crippen LogP contribution in [0, 0.1) is 0 Å². The molecule has 1 aromatic carbocycles. The van der Waals surface area contributed by atoms with Crippen molar-refractivity contribution >= 4 is 28.6 Å². The predicted octanol–water partition coefficient (Wildman–Crippen LogP) is 2.36. The first kappa shape index (κ1) is 10.9. The van der Waals surface area contributed by atoms with Crippen LogP contribution in [-0.4, -0.2) is 26.1 Å². The average molecular weight is 240 g/mol. The van der Waals surface area contributed by atoms with E-state index < -0.39 is 5.97 Å². The number of carboxylic acid groups (broad SMARTS) is 1. The summed E-state index contributed by atoms with van der Waals surface area (Å²) in [5.74, 6) is -1.06. The second-order valence-electron chi connectivity index (χ2n) is 3.75. The van der Waals surface area contributed by atoms with Crippen LogP contribution in [0.5, 0.6) is 0 Å². The van der Waals surface area contributed by atoms with Crippen molar-refractivity contribution < 1.29 is 9.90 Å². The number of benzene rings is 1. The monoisotopic (exact) mass is 239 g/mol. The minimum atomic E-state index is -1.06. The van der Waals surface area contributed by atoms with Gasteiger partial charge in [0.25, 0.3) is 0 Å². The van der Waals surface area contributed by atoms with Crippen LogP contribution in [0.25, 0.3) is 11.0 Å². The molecule has 0 atom stereocenters. The molecule has 0 bridgehead atoms. The number of carboxylic acids is 1. The highest BCUT2D eigenvalue weighted by molar-refractivity contribution is 6.34. The van der Waals surface area contributed by atoms with Crippen LogP contribution in [-0.2, 0) is 0 Å². The molecule has 84 valence electrons. The normalized spacial score (nSPS) is 11.2. The van der Waals surface area contributed by atoms with Crippen LogP contribution in [0.1, 0.15) is 30.2 Å². The van der Waals surface area contributed by atoms with Crippen LogP contribution in [0.15, 0.2) is 12.1 Å². The first-order chi connectivity index (χ1) is 7.50. The third kappa shape index (κ3) is 1.63. The number of halogens is 1. The van der Waals surface area contributed by atoms with Crippen molar-refractivity contribution in [1.29, 1.82) is 0 Å². The fraction of sp³-hybridized carbons (Fsp3) is 0.300. The molecule has 0 amide bonds. The van der Waals surface area contributed by atoms with Crippen LogP contribution < -0.4 is 0 Å². The van der Waals surface area contributed by atoms with Crippen molar-refractivity contribution in [1.82, 2.24) is 15.0 Å². The number of nitrogens with zero attached hydrogens (tertiary/aromatic N) is 3. The van der Waals surface area contributed by atoms with Crippen molar-refractivity contribution in [2.24, 2.45) is 0 Å². The smallest absolute Gasteiger partial charge is 0.337 e. The van der Waals surface area contributed by atoms with Gasteiger partial charge in [-0.15, -0.1) is 5.10 Å². The minimum Gasteiger partial charge on any atom is -0.478 e. The summed E-state index contributed by atoms with van der Waals surface area (Å²) in [6, 6.07) is 3.17. The van der Waals surface area contributed by atoms with E-state index in [0.29, 0.717) is 5.52 Å². The van der Waals surface area contributed by atoms with Gasteiger partial charge < -0.3 is 5.11 Å². The summed E-state index contributed by atoms with van der Waals surface area (Å²) >= 11 is 5.88. The van der Waals surface area contributed by atoms with E-state index in [1.807, 2.05) is 13.8 Å². The Balaban J connectivity index is 2.71. The molecule has 0 unspecified atom stereocenters. The molecule has 16 heavy (non-hydrogen) atoms. The highest BCUT2D eigenvalue weighted by Gasteiger charge is 2.14. The van der Waals surface area contributed by atoms with Gasteiger partial charge >= 0.3 is 5.97 Å². The molecule has 5 nitrogen and oxygen atoms in total. The number of aromatic carboxylic acids is 1. The van der Waals surface area contributed by atoms with Gasteiger partial charge in [-0.25, -0.2) is 9.48 Å². The molecule has 0 radical (unpaired) electrons. The average Bonchev–Trinajstić information content (AvgIpc) is 2.58. The van der Waals surface area contributed by atoms with Crippen LogP contribution >= 0.6 is 11.6 Å². The van der Waals surface area contributed by atoms with Crippen molar-refractivity contribution in [3.8, 4) is 0 Å². The third-order valence-corrected chi connectivity index (χ3v) is 2.59. The Kier molecular flexibility index (Phi) is 2.55. The van der Waals surface area contributed by atoms with Crippen LogP contribution in [0.2, 0.25) is 5.02 Å². The lowest BCUT2D eigenvalue weighted by Crippen LogP contribution is -2.03. The number of rotatable bonds is 2. The fourth-order valence-corrected chi connectivity index (χ4v) is 1.74. The highest BCUT2D eigenvalue weighted by atomic mass is 35.5. The van der Waals surface area contributed by atoms with E-state index in [9.17, 15) is 4.79 Å². The van der Waals surface area contributed by atoms with E-state index in [4.69, 9.17) is 16.7 Å². The fourth-order valence-electron chi connectivity index (χ4n) is 1.50. The molecule has 0 saturated carbocycles. The molecule has 0 aliphatic heterocycles. The van der Waals surface area contributed by atoms with Gasteiger partial charge in [0.2, 0.25) is 0 Å². The van der Waals surface area contributed by atoms with Crippen molar-refractivity contribution in [3.63, 3.8) is 0 Å². The molecule has 0 spiro atoms. The Hall–Kier alpha value is -1.62. The van der Waals surface area contributed by atoms with E-state index in [2.05, 4.69) is 10.3 Å². The van der Waals surface area contributed by atoms with Crippen molar-refractivity contribution in [2.45, 2.75) is 19.9 Å². The Bertz CT molecular complexity index is 562. The summed E-state index contributed by atoms with van der Waals surface area (Å²) in [6.07, 6.45) is 0. The predicted molar refractivity (Wildman–Crippen MR) is 59.9 cm³/mol. The van der Waals surface area contributed by atoms with Gasteiger partial charge in [-0.1, -0.05) is 16.8 Å². The molecule has 0 aliphatic rings. The van der Waals surface area contributed by atoms with Crippen LogP contribution in [0.4, 0.5) is 0 Å². The Morgan fingerprint density at radius 3 is 2.75 bits per heavy atom. The molecule has 1 N–H and O–H groups in total. The Morgan fingerprint density at radius 1 is 1.50 bits per heavy atom. The standard InChI is InChI=1S/C10H10ClN3O2/c1-5(2)14-9-4-7(11)6(10(15)16)3-8(9)12-13-14/h3-5H,1-2H3,(H,15,16). The van der Waals surface area contributed by atoms with E-state index in [-0.39, 0.29) is 16.6 Å². The molecule has 0 aliphatic carbocycles. The van der Waals surface area contributed by atoms with Gasteiger partial charge in [0.05, 0.1) is 16.1 Å². The molecule has 1 heterocycles. The number of fused-ring (bicyclic) bond motifs is 1. The second kappa shape index (κ2) is 3.75. The first-order valence-electron chi connectivity index (χ1n) is 4.78. The van der Waals surface area contributed by atoms with E-state index in [1.165, 1.54) is 6.07 Å². The summed E-state index contributed by atoms with van der Waals surface area (Å²) < 4.78 is 1.70. The zero-order valence-corrected chi connectivity index (χ0v) is 9.56. The number of hydrogen-bond donors (Lipinski definition) is 1. The van der Waals surface area contributed by atoms with E-state index >= 15 is 0 Å². The quantitative estimate of drug-likeness (QED) is 0.874. The summed E-state index contributed by atoms with van der Waals surface area (Å²) in [4.78, 5) is 10.9. The van der Waals surface area contributed by atoms with Gasteiger partial charge in [0.1, 0.15) is 5.52 Å². The lowest BCUT2D eigenvalue weighted by Gasteiger charge is -2.05. The topological polar surface area (TPSA) is 68.0 Å². The number of aromatic nitrogens is 3. The lowest BCUT2D eigenvalue weighted by molar-refractivity contribution is 0.0697. The molecule has 6 heteroatoms. The van der Waals surface area contributed by atoms with E-state index in [1.54, 1.807) is 10.7 Å². The third-order valence-electron chi connectivity index (χ3n) is 2.28. The minimum absolute atomic E-state index is 0.0463. The van der Waals surface area contributed by atoms with Gasteiger partial charge in [-0.3, -0.25) is 0 Å². The van der Waals surface area contributed by atoms with Crippen LogP contribution in [0.3, 0.4) is 0 Å². The van der Waals surface area contributed by atoms with Gasteiger partial charge in [0.15, 0.2) is 0 Å². The zero-order valence-electron chi connectivity index (χ0n) is 8.81. The molecule has 1 aromatic heterocycles. The summed E-state index contributed by atoms with van der Waals surface area (Å²) in [5.41, 5.74) is 1.32.